The molecular weight excluding hydrogens is 10700 g/mol. The first kappa shape index (κ1) is 577. The Morgan fingerprint density at radius 2 is 0.0172 bits per heavy atom. The van der Waals surface area contributed by atoms with E-state index in [4.69, 9.17) is 0 Å². The van der Waals surface area contributed by atoms with Gasteiger partial charge in [0, 0.05) is 1220 Å². The van der Waals surface area contributed by atoms with Crippen molar-refractivity contribution in [3.05, 3.63) is 0 Å². The Morgan fingerprint density at radius 3 is 0.0172 bits per heavy atom. The molecule has 348 valence electrons. The van der Waals surface area contributed by atoms with E-state index in [2.05, 4.69) is 0 Å². The molecule has 0 saturated heterocycles. The largest absolute Gasteiger partial charge is 0 e. The molecule has 0 unspecified atom stereocenters. The third-order valence-electron chi connectivity index (χ3n) is 0. The van der Waals surface area contributed by atoms with Crippen molar-refractivity contribution in [1.82, 2.24) is 0 Å². The summed E-state index contributed by atoms with van der Waals surface area (Å²) in [6.07, 6.45) is 0. The van der Waals surface area contributed by atoms with Gasteiger partial charge in [0.05, 0.1) is 0 Å². The standard InChI is InChI=1S/58W. The van der Waals surface area contributed by atoms with Gasteiger partial charge in [-0.25, -0.2) is 0 Å². The summed E-state index contributed by atoms with van der Waals surface area (Å²) in [5.74, 6) is 0. The fourth-order valence-corrected chi connectivity index (χ4v) is 0. The molecule has 0 heterocycles. The molecular formula is W58. The van der Waals surface area contributed by atoms with E-state index in [1.807, 2.05) is 0 Å². The summed E-state index contributed by atoms with van der Waals surface area (Å²) in [6.45, 7) is 0. The van der Waals surface area contributed by atoms with Crippen LogP contribution < -0.4 is 0 Å². The zero-order chi connectivity index (χ0) is 0. The first-order chi connectivity index (χ1) is 0. The smallest absolute Gasteiger partial charge is 0 e. The second-order valence-corrected chi connectivity index (χ2v) is 0. The second-order valence-electron chi connectivity index (χ2n) is 0. The Morgan fingerprint density at radius 1 is 0.0172 bits per heavy atom. The van der Waals surface area contributed by atoms with Gasteiger partial charge in [-0.05, 0) is 0 Å². The van der Waals surface area contributed by atoms with Gasteiger partial charge in [-0.3, -0.25) is 0 Å². The monoisotopic (exact) mass is 10700 g/mol. The van der Waals surface area contributed by atoms with Crippen LogP contribution in [0.1, 0.15) is 0 Å². The summed E-state index contributed by atoms with van der Waals surface area (Å²) in [5.41, 5.74) is 0. The first-order valence-electron chi connectivity index (χ1n) is 0. The van der Waals surface area contributed by atoms with Crippen molar-refractivity contribution >= 4 is 0 Å². The van der Waals surface area contributed by atoms with Gasteiger partial charge < -0.3 is 0 Å². The van der Waals surface area contributed by atoms with Crippen molar-refractivity contribution in [2.45, 2.75) is 0 Å². The van der Waals surface area contributed by atoms with Crippen molar-refractivity contribution in [2.75, 3.05) is 0 Å². The van der Waals surface area contributed by atoms with Crippen LogP contribution in [-0.4, -0.2) is 0 Å². The molecule has 0 aromatic carbocycles. The molecule has 0 rings (SSSR count). The molecule has 0 saturated carbocycles. The number of hydrogen-bond donors (Lipinski definition) is 0. The molecule has 0 spiro atoms. The third-order valence-corrected chi connectivity index (χ3v) is 0. The zero-order valence-corrected chi connectivity index (χ0v) is 194. The Labute approximate surface area is 1180 Å². The minimum Gasteiger partial charge on any atom is 0 e. The molecule has 0 radical (unpaired) electrons. The van der Waals surface area contributed by atoms with Crippen LogP contribution in [-0.2, 0) is 1220 Å². The Bertz CT molecular complexity index is 0. The Kier molecular flexibility index (Phi) is 5570. The van der Waals surface area contributed by atoms with E-state index < -0.39 is 0 Å². The molecule has 0 N–H and O–H groups in total. The van der Waals surface area contributed by atoms with Gasteiger partial charge >= 0.3 is 0 Å². The van der Waals surface area contributed by atoms with E-state index in [9.17, 15) is 0 Å². The van der Waals surface area contributed by atoms with Crippen LogP contribution in [0.15, 0.2) is 0 Å². The molecule has 0 amide bonds. The van der Waals surface area contributed by atoms with Crippen LogP contribution in [0.3, 0.4) is 0 Å². The van der Waals surface area contributed by atoms with Crippen molar-refractivity contribution < 1.29 is 1220 Å². The molecule has 0 fully saturated rings. The second kappa shape index (κ2) is 560. The molecule has 0 atom stereocenters. The molecule has 0 bridgehead atoms. The molecule has 0 nitrogen and oxygen atoms in total. The maximum absolute atomic E-state index is 0. The topological polar surface area (TPSA) is 0 Å². The quantitative estimate of drug-likeness (QED) is 0.318. The van der Waals surface area contributed by atoms with Gasteiger partial charge in [0.25, 0.3) is 0 Å². The molecule has 0 aromatic rings. The van der Waals surface area contributed by atoms with Gasteiger partial charge in [-0.2, -0.15) is 0 Å². The van der Waals surface area contributed by atoms with Crippen LogP contribution in [0.2, 0.25) is 0 Å². The summed E-state index contributed by atoms with van der Waals surface area (Å²) in [4.78, 5) is 0. The van der Waals surface area contributed by atoms with Gasteiger partial charge in [-0.1, -0.05) is 0 Å². The van der Waals surface area contributed by atoms with Crippen molar-refractivity contribution in [1.29, 1.82) is 0 Å². The molecule has 0 aliphatic rings. The van der Waals surface area contributed by atoms with E-state index in [1.165, 1.54) is 0 Å². The minimum atomic E-state index is 0. The average Bonchev–Trinajstić information content (AvgIpc) is 0. The van der Waals surface area contributed by atoms with Crippen LogP contribution >= 0.6 is 0 Å². The van der Waals surface area contributed by atoms with E-state index in [1.54, 1.807) is 0 Å². The molecule has 58 heteroatoms. The van der Waals surface area contributed by atoms with E-state index in [-0.39, 0.29) is 1220 Å². The predicted octanol–water partition coefficient (Wildman–Crippen LogP) is -0.145. The predicted molar refractivity (Wildman–Crippen MR) is 0 cm³/mol. The summed E-state index contributed by atoms with van der Waals surface area (Å²) >= 11 is 0. The van der Waals surface area contributed by atoms with Crippen molar-refractivity contribution in [2.24, 2.45) is 0 Å². The van der Waals surface area contributed by atoms with Crippen LogP contribution in [0.4, 0.5) is 0 Å². The fraction of sp³-hybridized carbons (Fsp3) is 0. The summed E-state index contributed by atoms with van der Waals surface area (Å²) < 4.78 is 0. The maximum Gasteiger partial charge on any atom is 0 e. The molecule has 0 aliphatic carbocycles. The SMILES string of the molecule is [W].[W].[W].[W].[W].[W].[W].[W].[W].[W].[W].[W].[W].[W].[W].[W].[W].[W].[W].[W].[W].[W].[W].[W].[W].[W].[W].[W].[W].[W].[W].[W].[W].[W].[W].[W].[W].[W].[W].[W].[W].[W].[W].[W].[W].[W].[W].[W].[W].[W].[W].[W].[W].[W].[W].[W].[W].[W]. The number of hydrogen-bond acceptors (Lipinski definition) is 0. The first-order valence-corrected chi connectivity index (χ1v) is 0. The van der Waals surface area contributed by atoms with Crippen LogP contribution in [0, 0.1) is 0 Å². The summed E-state index contributed by atoms with van der Waals surface area (Å²) in [7, 11) is 0. The van der Waals surface area contributed by atoms with Gasteiger partial charge in [0.15, 0.2) is 0 Å². The normalized spacial score (nSPS) is 0. The fourth-order valence-electron chi connectivity index (χ4n) is 0. The third kappa shape index (κ3) is 542. The molecule has 58 heavy (non-hydrogen) atoms. The summed E-state index contributed by atoms with van der Waals surface area (Å²) in [5, 5.41) is 0. The van der Waals surface area contributed by atoms with Crippen LogP contribution in [0.25, 0.3) is 0 Å². The maximum atomic E-state index is 0. The van der Waals surface area contributed by atoms with Gasteiger partial charge in [0.1, 0.15) is 0 Å². The Balaban J connectivity index is 0. The van der Waals surface area contributed by atoms with Crippen LogP contribution in [0.5, 0.6) is 0 Å². The minimum absolute atomic E-state index is 0. The average molecular weight is 10700 g/mol. The van der Waals surface area contributed by atoms with Crippen molar-refractivity contribution in [3.8, 4) is 0 Å². The summed E-state index contributed by atoms with van der Waals surface area (Å²) in [6, 6.07) is 0. The molecule has 0 aromatic heterocycles. The van der Waals surface area contributed by atoms with E-state index >= 15 is 0 Å². The van der Waals surface area contributed by atoms with Crippen molar-refractivity contribution in [3.63, 3.8) is 0 Å². The number of rotatable bonds is 0. The zero-order valence-electron chi connectivity index (χ0n) is 23.7. The Hall–Kier alpha value is 39.9. The van der Waals surface area contributed by atoms with E-state index in [0.29, 0.717) is 0 Å². The molecule has 0 aliphatic heterocycles. The van der Waals surface area contributed by atoms with E-state index in [0.717, 1.165) is 0 Å². The van der Waals surface area contributed by atoms with Gasteiger partial charge in [-0.15, -0.1) is 0 Å². The van der Waals surface area contributed by atoms with Gasteiger partial charge in [0.2, 0.25) is 0 Å².